The van der Waals surface area contributed by atoms with E-state index in [1.165, 1.54) is 7.11 Å². The summed E-state index contributed by atoms with van der Waals surface area (Å²) in [6.07, 6.45) is -2.92. The molecule has 3 atom stereocenters. The summed E-state index contributed by atoms with van der Waals surface area (Å²) in [5, 5.41) is 7.25. The molecule has 0 aliphatic carbocycles. The predicted octanol–water partition coefficient (Wildman–Crippen LogP) is 2.50. The highest BCUT2D eigenvalue weighted by molar-refractivity contribution is 5.78. The van der Waals surface area contributed by atoms with Gasteiger partial charge < -0.3 is 15.0 Å². The Bertz CT molecular complexity index is 616. The summed E-state index contributed by atoms with van der Waals surface area (Å²) < 4.78 is 45.8. The van der Waals surface area contributed by atoms with Crippen LogP contribution in [0.2, 0.25) is 0 Å². The first-order valence-electron chi connectivity index (χ1n) is 8.02. The largest absolute Gasteiger partial charge is 0.410 e. The summed E-state index contributed by atoms with van der Waals surface area (Å²) in [5.41, 5.74) is 0.503. The fourth-order valence-electron chi connectivity index (χ4n) is 3.52. The van der Waals surface area contributed by atoms with Gasteiger partial charge in [-0.25, -0.2) is 4.68 Å². The lowest BCUT2D eigenvalue weighted by Crippen LogP contribution is -2.38. The van der Waals surface area contributed by atoms with Gasteiger partial charge in [0.1, 0.15) is 12.4 Å². The molecule has 1 aromatic heterocycles. The van der Waals surface area contributed by atoms with Crippen LogP contribution in [-0.4, -0.2) is 53.1 Å². The van der Waals surface area contributed by atoms with E-state index in [1.54, 1.807) is 17.9 Å². The summed E-state index contributed by atoms with van der Waals surface area (Å²) in [4.78, 5) is 13.8. The molecule has 1 aromatic rings. The molecule has 1 N–H and O–H groups in total. The number of hydrogen-bond acceptors (Lipinski definition) is 4. The van der Waals surface area contributed by atoms with Crippen LogP contribution in [0.25, 0.3) is 0 Å². The van der Waals surface area contributed by atoms with Gasteiger partial charge in [0.05, 0.1) is 11.7 Å². The maximum absolute atomic E-state index is 13.3. The normalized spacial score (nSPS) is 27.0. The second-order valence-corrected chi connectivity index (χ2v) is 6.42. The Balaban J connectivity index is 1.90. The Morgan fingerprint density at radius 1 is 1.50 bits per heavy atom. The molecule has 134 valence electrons. The van der Waals surface area contributed by atoms with Gasteiger partial charge in [0.2, 0.25) is 5.91 Å². The van der Waals surface area contributed by atoms with E-state index in [2.05, 4.69) is 10.4 Å². The minimum Gasteiger partial charge on any atom is -0.375 e. The Labute approximate surface area is 137 Å². The molecule has 1 fully saturated rings. The van der Waals surface area contributed by atoms with E-state index < -0.39 is 12.2 Å². The van der Waals surface area contributed by atoms with Crippen molar-refractivity contribution in [3.63, 3.8) is 0 Å². The minimum absolute atomic E-state index is 0.0372. The van der Waals surface area contributed by atoms with Gasteiger partial charge in [-0.15, -0.1) is 0 Å². The van der Waals surface area contributed by atoms with Crippen LogP contribution >= 0.6 is 0 Å². The molecule has 1 amide bonds. The molecular weight excluding hydrogens is 325 g/mol. The predicted molar refractivity (Wildman–Crippen MR) is 80.6 cm³/mol. The zero-order chi connectivity index (χ0) is 17.5. The number of nitrogens with one attached hydrogen (secondary N) is 1. The van der Waals surface area contributed by atoms with E-state index in [4.69, 9.17) is 4.74 Å². The van der Waals surface area contributed by atoms with Gasteiger partial charge in [-0.2, -0.15) is 18.3 Å². The van der Waals surface area contributed by atoms with Crippen molar-refractivity contribution in [2.75, 3.05) is 25.6 Å². The highest BCUT2D eigenvalue weighted by Crippen LogP contribution is 2.41. The number of halogens is 3. The summed E-state index contributed by atoms with van der Waals surface area (Å²) >= 11 is 0. The first kappa shape index (κ1) is 17.1. The number of amides is 1. The molecule has 0 bridgehead atoms. The maximum atomic E-state index is 13.3. The zero-order valence-electron chi connectivity index (χ0n) is 13.6. The molecule has 3 rings (SSSR count). The third kappa shape index (κ3) is 3.09. The van der Waals surface area contributed by atoms with Gasteiger partial charge in [0.25, 0.3) is 0 Å². The van der Waals surface area contributed by atoms with Crippen molar-refractivity contribution in [3.05, 3.63) is 11.8 Å². The number of alkyl halides is 3. The monoisotopic (exact) mass is 346 g/mol. The number of nitrogens with zero attached hydrogens (tertiary/aromatic N) is 3. The smallest absolute Gasteiger partial charge is 0.375 e. The SMILES string of the molecule is COCC(=O)N1CCC[C@H]1c1cc2n(n1)[C@@H](C(F)(F)F)C[C@@H](C)N2. The summed E-state index contributed by atoms with van der Waals surface area (Å²) in [6.45, 7) is 2.25. The maximum Gasteiger partial charge on any atom is 0.410 e. The number of likely N-dealkylation sites (tertiary alicyclic amines) is 1. The van der Waals surface area contributed by atoms with Crippen molar-refractivity contribution in [1.82, 2.24) is 14.7 Å². The molecule has 0 aromatic carbocycles. The van der Waals surface area contributed by atoms with Crippen LogP contribution in [0.1, 0.15) is 44.0 Å². The topological polar surface area (TPSA) is 59.4 Å². The van der Waals surface area contributed by atoms with E-state index in [0.717, 1.165) is 11.1 Å². The molecule has 1 saturated heterocycles. The van der Waals surface area contributed by atoms with E-state index in [1.807, 2.05) is 0 Å². The Morgan fingerprint density at radius 3 is 2.92 bits per heavy atom. The number of anilines is 1. The lowest BCUT2D eigenvalue weighted by molar-refractivity contribution is -0.173. The van der Waals surface area contributed by atoms with Crippen LogP contribution in [0.3, 0.4) is 0 Å². The Kier molecular flexibility index (Phi) is 4.46. The van der Waals surface area contributed by atoms with Crippen LogP contribution in [-0.2, 0) is 9.53 Å². The number of hydrogen-bond donors (Lipinski definition) is 1. The number of fused-ring (bicyclic) bond motifs is 1. The van der Waals surface area contributed by atoms with Crippen LogP contribution in [0.15, 0.2) is 6.07 Å². The second kappa shape index (κ2) is 6.27. The molecule has 0 spiro atoms. The van der Waals surface area contributed by atoms with Gasteiger partial charge in [-0.05, 0) is 26.2 Å². The molecule has 6 nitrogen and oxygen atoms in total. The van der Waals surface area contributed by atoms with Crippen molar-refractivity contribution >= 4 is 11.7 Å². The van der Waals surface area contributed by atoms with Crippen molar-refractivity contribution in [2.24, 2.45) is 0 Å². The molecule has 2 aliphatic heterocycles. The van der Waals surface area contributed by atoms with Gasteiger partial charge in [0.15, 0.2) is 6.04 Å². The standard InChI is InChI=1S/C15H21F3N4O2/c1-9-6-12(15(16,17)18)22-13(19-9)7-10(20-22)11-4-3-5-21(11)14(23)8-24-2/h7,9,11-12,19H,3-6,8H2,1-2H3/t9-,11+,12-/m1/s1. The Morgan fingerprint density at radius 2 is 2.25 bits per heavy atom. The number of methoxy groups -OCH3 is 1. The second-order valence-electron chi connectivity index (χ2n) is 6.42. The summed E-state index contributed by atoms with van der Waals surface area (Å²) in [5.74, 6) is 0.191. The van der Waals surface area contributed by atoms with E-state index >= 15 is 0 Å². The summed E-state index contributed by atoms with van der Waals surface area (Å²) in [7, 11) is 1.44. The van der Waals surface area contributed by atoms with Crippen molar-refractivity contribution < 1.29 is 22.7 Å². The van der Waals surface area contributed by atoms with Gasteiger partial charge in [0, 0.05) is 25.8 Å². The molecule has 9 heteroatoms. The van der Waals surface area contributed by atoms with Crippen LogP contribution in [0.5, 0.6) is 0 Å². The van der Waals surface area contributed by atoms with Gasteiger partial charge in [-0.1, -0.05) is 0 Å². The van der Waals surface area contributed by atoms with E-state index in [9.17, 15) is 18.0 Å². The average Bonchev–Trinajstić information content (AvgIpc) is 3.11. The van der Waals surface area contributed by atoms with Crippen molar-refractivity contribution in [1.29, 1.82) is 0 Å². The zero-order valence-corrected chi connectivity index (χ0v) is 13.6. The average molecular weight is 346 g/mol. The molecule has 2 aliphatic rings. The van der Waals surface area contributed by atoms with Gasteiger partial charge >= 0.3 is 6.18 Å². The minimum atomic E-state index is -4.35. The van der Waals surface area contributed by atoms with Crippen LogP contribution < -0.4 is 5.32 Å². The number of aromatic nitrogens is 2. The Hall–Kier alpha value is -1.77. The van der Waals surface area contributed by atoms with Crippen LogP contribution in [0, 0.1) is 0 Å². The third-order valence-electron chi connectivity index (χ3n) is 4.58. The van der Waals surface area contributed by atoms with Gasteiger partial charge in [-0.3, -0.25) is 4.79 Å². The molecule has 24 heavy (non-hydrogen) atoms. The van der Waals surface area contributed by atoms with Crippen molar-refractivity contribution in [3.8, 4) is 0 Å². The highest BCUT2D eigenvalue weighted by atomic mass is 19.4. The number of ether oxygens (including phenoxy) is 1. The summed E-state index contributed by atoms with van der Waals surface area (Å²) in [6, 6.07) is -0.584. The first-order chi connectivity index (χ1) is 11.3. The lowest BCUT2D eigenvalue weighted by atomic mass is 10.1. The number of carbonyl (C=O) groups is 1. The fourth-order valence-corrected chi connectivity index (χ4v) is 3.52. The quantitative estimate of drug-likeness (QED) is 0.914. The molecule has 0 unspecified atom stereocenters. The molecule has 0 radical (unpaired) electrons. The van der Waals surface area contributed by atoms with Crippen molar-refractivity contribution in [2.45, 2.75) is 50.5 Å². The molecule has 0 saturated carbocycles. The number of carbonyl (C=O) groups excluding carboxylic acids is 1. The first-order valence-corrected chi connectivity index (χ1v) is 8.02. The molecule has 3 heterocycles. The number of rotatable bonds is 3. The third-order valence-corrected chi connectivity index (χ3v) is 4.58. The fraction of sp³-hybridized carbons (Fsp3) is 0.733. The highest BCUT2D eigenvalue weighted by Gasteiger charge is 2.46. The van der Waals surface area contributed by atoms with E-state index in [0.29, 0.717) is 24.5 Å². The molecular formula is C15H21F3N4O2. The van der Waals surface area contributed by atoms with E-state index in [-0.39, 0.29) is 31.0 Å². The van der Waals surface area contributed by atoms with Crippen LogP contribution in [0.4, 0.5) is 19.0 Å². The lowest BCUT2D eigenvalue weighted by Gasteiger charge is -2.31.